The van der Waals surface area contributed by atoms with Crippen molar-refractivity contribution in [2.24, 2.45) is 0 Å². The van der Waals surface area contributed by atoms with Crippen LogP contribution in [0.4, 0.5) is 14.9 Å². The number of ether oxygens (including phenoxy) is 1. The van der Waals surface area contributed by atoms with Gasteiger partial charge in [0.15, 0.2) is 0 Å². The molecule has 0 saturated heterocycles. The first-order valence-corrected chi connectivity index (χ1v) is 5.68. The number of carbonyl (C=O) groups is 2. The molecule has 0 unspecified atom stereocenters. The van der Waals surface area contributed by atoms with Crippen LogP contribution in [0.2, 0.25) is 0 Å². The second kappa shape index (κ2) is 7.53. The number of hydrogen-bond acceptors (Lipinski definition) is 5. The summed E-state index contributed by atoms with van der Waals surface area (Å²) in [5.41, 5.74) is -0.287. The van der Waals surface area contributed by atoms with E-state index in [0.29, 0.717) is 0 Å². The SMILES string of the molecule is CCOC(=O)NC(=O)C(C#N)=CNc1ccccc1F. The van der Waals surface area contributed by atoms with Crippen LogP contribution in [0.3, 0.4) is 0 Å². The lowest BCUT2D eigenvalue weighted by molar-refractivity contribution is -0.116. The van der Waals surface area contributed by atoms with Gasteiger partial charge in [-0.15, -0.1) is 0 Å². The molecule has 0 saturated carbocycles. The van der Waals surface area contributed by atoms with Crippen LogP contribution in [0.15, 0.2) is 36.0 Å². The molecular formula is C13H12FN3O3. The molecule has 0 aliphatic rings. The lowest BCUT2D eigenvalue weighted by Crippen LogP contribution is -2.32. The summed E-state index contributed by atoms with van der Waals surface area (Å²) in [6.07, 6.45) is 0.0528. The number of nitrogens with one attached hydrogen (secondary N) is 2. The molecule has 20 heavy (non-hydrogen) atoms. The van der Waals surface area contributed by atoms with Gasteiger partial charge < -0.3 is 10.1 Å². The Labute approximate surface area is 114 Å². The van der Waals surface area contributed by atoms with Gasteiger partial charge in [-0.05, 0) is 19.1 Å². The molecule has 104 valence electrons. The molecule has 1 aromatic carbocycles. The van der Waals surface area contributed by atoms with Crippen LogP contribution in [-0.2, 0) is 9.53 Å². The number of benzene rings is 1. The number of para-hydroxylation sites is 1. The van der Waals surface area contributed by atoms with Crippen molar-refractivity contribution in [3.8, 4) is 6.07 Å². The van der Waals surface area contributed by atoms with Gasteiger partial charge in [0, 0.05) is 6.20 Å². The van der Waals surface area contributed by atoms with E-state index in [2.05, 4.69) is 10.1 Å². The Morgan fingerprint density at radius 1 is 1.45 bits per heavy atom. The Morgan fingerprint density at radius 2 is 2.15 bits per heavy atom. The fraction of sp³-hybridized carbons (Fsp3) is 0.154. The quantitative estimate of drug-likeness (QED) is 0.648. The first kappa shape index (κ1) is 15.2. The summed E-state index contributed by atoms with van der Waals surface area (Å²) in [6.45, 7) is 1.67. The second-order valence-electron chi connectivity index (χ2n) is 3.47. The number of anilines is 1. The number of nitriles is 1. The van der Waals surface area contributed by atoms with Gasteiger partial charge in [0.1, 0.15) is 17.5 Å². The molecule has 0 heterocycles. The smallest absolute Gasteiger partial charge is 0.414 e. The van der Waals surface area contributed by atoms with Crippen LogP contribution in [-0.4, -0.2) is 18.6 Å². The number of nitrogens with zero attached hydrogens (tertiary/aromatic N) is 1. The molecule has 0 spiro atoms. The summed E-state index contributed by atoms with van der Waals surface area (Å²) in [5.74, 6) is -1.47. The highest BCUT2D eigenvalue weighted by atomic mass is 19.1. The van der Waals surface area contributed by atoms with E-state index in [1.54, 1.807) is 19.1 Å². The van der Waals surface area contributed by atoms with Crippen LogP contribution < -0.4 is 10.6 Å². The van der Waals surface area contributed by atoms with E-state index in [1.165, 1.54) is 18.2 Å². The minimum Gasteiger partial charge on any atom is -0.450 e. The van der Waals surface area contributed by atoms with Gasteiger partial charge in [0.25, 0.3) is 5.91 Å². The molecule has 0 bridgehead atoms. The number of alkyl carbamates (subject to hydrolysis) is 1. The molecule has 0 radical (unpaired) electrons. The third kappa shape index (κ3) is 4.42. The minimum absolute atomic E-state index is 0.0954. The topological polar surface area (TPSA) is 91.2 Å². The highest BCUT2D eigenvalue weighted by molar-refractivity contribution is 6.05. The molecule has 1 rings (SSSR count). The molecule has 2 amide bonds. The standard InChI is InChI=1S/C13H12FN3O3/c1-2-20-13(19)17-12(18)9(7-15)8-16-11-6-4-3-5-10(11)14/h3-6,8,16H,2H2,1H3,(H,17,18,19). The Kier molecular flexibility index (Phi) is 5.72. The molecule has 7 heteroatoms. The predicted octanol–water partition coefficient (Wildman–Crippen LogP) is 1.92. The second-order valence-corrected chi connectivity index (χ2v) is 3.47. The van der Waals surface area contributed by atoms with Crippen molar-refractivity contribution in [1.29, 1.82) is 5.26 Å². The lowest BCUT2D eigenvalue weighted by atomic mass is 10.2. The predicted molar refractivity (Wildman–Crippen MR) is 68.9 cm³/mol. The molecule has 6 nitrogen and oxygen atoms in total. The van der Waals surface area contributed by atoms with Crippen molar-refractivity contribution in [2.75, 3.05) is 11.9 Å². The fourth-order valence-corrected chi connectivity index (χ4v) is 1.20. The largest absolute Gasteiger partial charge is 0.450 e. The van der Waals surface area contributed by atoms with Crippen LogP contribution in [0.5, 0.6) is 0 Å². The highest BCUT2D eigenvalue weighted by Gasteiger charge is 2.13. The van der Waals surface area contributed by atoms with Crippen molar-refractivity contribution in [3.05, 3.63) is 41.9 Å². The van der Waals surface area contributed by atoms with Gasteiger partial charge >= 0.3 is 6.09 Å². The number of imide groups is 1. The van der Waals surface area contributed by atoms with Crippen molar-refractivity contribution in [2.45, 2.75) is 6.92 Å². The van der Waals surface area contributed by atoms with Crippen LogP contribution in [0.25, 0.3) is 0 Å². The molecule has 2 N–H and O–H groups in total. The van der Waals surface area contributed by atoms with Crippen LogP contribution in [0.1, 0.15) is 6.92 Å². The first-order chi connectivity index (χ1) is 9.58. The molecular weight excluding hydrogens is 265 g/mol. The average Bonchev–Trinajstić information content (AvgIpc) is 2.41. The Morgan fingerprint density at radius 3 is 2.75 bits per heavy atom. The summed E-state index contributed by atoms with van der Waals surface area (Å²) < 4.78 is 17.8. The fourth-order valence-electron chi connectivity index (χ4n) is 1.20. The maximum Gasteiger partial charge on any atom is 0.414 e. The number of halogens is 1. The highest BCUT2D eigenvalue weighted by Crippen LogP contribution is 2.12. The Bertz CT molecular complexity index is 578. The molecule has 0 aliphatic carbocycles. The van der Waals surface area contributed by atoms with E-state index in [4.69, 9.17) is 5.26 Å². The molecule has 1 aromatic rings. The van der Waals surface area contributed by atoms with Crippen LogP contribution in [0, 0.1) is 17.1 Å². The van der Waals surface area contributed by atoms with E-state index < -0.39 is 17.8 Å². The van der Waals surface area contributed by atoms with Gasteiger partial charge in [-0.2, -0.15) is 5.26 Å². The maximum atomic E-state index is 13.3. The van der Waals surface area contributed by atoms with Crippen LogP contribution >= 0.6 is 0 Å². The van der Waals surface area contributed by atoms with Gasteiger partial charge in [-0.1, -0.05) is 12.1 Å². The van der Waals surface area contributed by atoms with Crippen molar-refractivity contribution in [3.63, 3.8) is 0 Å². The van der Waals surface area contributed by atoms with E-state index in [0.717, 1.165) is 6.20 Å². The third-order valence-corrected chi connectivity index (χ3v) is 2.10. The number of rotatable bonds is 4. The van der Waals surface area contributed by atoms with E-state index >= 15 is 0 Å². The molecule has 0 fully saturated rings. The van der Waals surface area contributed by atoms with Gasteiger partial charge in [-0.3, -0.25) is 10.1 Å². The summed E-state index contributed by atoms with van der Waals surface area (Å²) in [4.78, 5) is 22.6. The zero-order chi connectivity index (χ0) is 15.0. The lowest BCUT2D eigenvalue weighted by Gasteiger charge is -2.04. The van der Waals surface area contributed by atoms with Gasteiger partial charge in [0.05, 0.1) is 12.3 Å². The third-order valence-electron chi connectivity index (χ3n) is 2.10. The zero-order valence-electron chi connectivity index (χ0n) is 10.6. The van der Waals surface area contributed by atoms with E-state index in [9.17, 15) is 14.0 Å². The Hall–Kier alpha value is -2.88. The average molecular weight is 277 g/mol. The number of carbonyl (C=O) groups excluding carboxylic acids is 2. The monoisotopic (exact) mass is 277 g/mol. The molecule has 0 aromatic heterocycles. The summed E-state index contributed by atoms with van der Waals surface area (Å²) in [6, 6.07) is 7.34. The molecule has 0 aliphatic heterocycles. The van der Waals surface area contributed by atoms with Crippen molar-refractivity contribution in [1.82, 2.24) is 5.32 Å². The zero-order valence-corrected chi connectivity index (χ0v) is 10.6. The van der Waals surface area contributed by atoms with Crippen molar-refractivity contribution < 1.29 is 18.7 Å². The van der Waals surface area contributed by atoms with E-state index in [1.807, 2.05) is 5.32 Å². The number of amides is 2. The van der Waals surface area contributed by atoms with E-state index in [-0.39, 0.29) is 17.9 Å². The summed E-state index contributed by atoms with van der Waals surface area (Å²) >= 11 is 0. The summed E-state index contributed by atoms with van der Waals surface area (Å²) in [7, 11) is 0. The molecule has 0 atom stereocenters. The first-order valence-electron chi connectivity index (χ1n) is 5.68. The minimum atomic E-state index is -0.954. The van der Waals surface area contributed by atoms with Crippen molar-refractivity contribution >= 4 is 17.7 Å². The normalized spacial score (nSPS) is 10.3. The van der Waals surface area contributed by atoms with Gasteiger partial charge in [0.2, 0.25) is 0 Å². The summed E-state index contributed by atoms with van der Waals surface area (Å²) in [5, 5.41) is 13.2. The Balaban J connectivity index is 2.73. The maximum absolute atomic E-state index is 13.3. The van der Waals surface area contributed by atoms with Gasteiger partial charge in [-0.25, -0.2) is 9.18 Å². The number of hydrogen-bond donors (Lipinski definition) is 2.